The van der Waals surface area contributed by atoms with Crippen molar-refractivity contribution in [3.8, 4) is 28.3 Å². The van der Waals surface area contributed by atoms with E-state index in [2.05, 4.69) is 15.2 Å². The van der Waals surface area contributed by atoms with Crippen LogP contribution in [0.15, 0.2) is 47.5 Å². The summed E-state index contributed by atoms with van der Waals surface area (Å²) in [5.74, 6) is -0.910. The maximum atomic E-state index is 14.3. The summed E-state index contributed by atoms with van der Waals surface area (Å²) in [7, 11) is 1.66. The molecular formula is C28H30F3N5O2. The molecule has 2 heterocycles. The van der Waals surface area contributed by atoms with Crippen LogP contribution in [0, 0.1) is 17.8 Å². The van der Waals surface area contributed by atoms with E-state index in [0.29, 0.717) is 47.7 Å². The van der Waals surface area contributed by atoms with Gasteiger partial charge in [0.2, 0.25) is 0 Å². The van der Waals surface area contributed by atoms with E-state index in [-0.39, 0.29) is 29.1 Å². The van der Waals surface area contributed by atoms with E-state index in [1.165, 1.54) is 22.9 Å². The molecule has 4 atom stereocenters. The number of hydrogen-bond donors (Lipinski definition) is 1. The predicted octanol–water partition coefficient (Wildman–Crippen LogP) is 5.34. The largest absolute Gasteiger partial charge is 0.507 e. The van der Waals surface area contributed by atoms with Crippen molar-refractivity contribution in [1.82, 2.24) is 19.7 Å². The Morgan fingerprint density at radius 3 is 2.47 bits per heavy atom. The SMILES string of the molecule is Cn1ccc(-c2ccc(-c3ncc(N(C4CC4)[C@@H]4C[C@H]5CCC[C@H](C5)[C@@H]4C(F)(F)F)nn3)c(O)c2)cc1=O. The van der Waals surface area contributed by atoms with Crippen molar-refractivity contribution in [1.29, 1.82) is 0 Å². The molecule has 1 aromatic carbocycles. The van der Waals surface area contributed by atoms with Crippen molar-refractivity contribution in [2.75, 3.05) is 4.90 Å². The highest BCUT2D eigenvalue weighted by Crippen LogP contribution is 2.52. The lowest BCUT2D eigenvalue weighted by molar-refractivity contribution is -0.208. The smallest absolute Gasteiger partial charge is 0.394 e. The number of phenolic OH excluding ortho intramolecular Hbond substituents is 1. The molecule has 0 aliphatic heterocycles. The van der Waals surface area contributed by atoms with Gasteiger partial charge in [0.15, 0.2) is 11.6 Å². The minimum absolute atomic E-state index is 0.0249. The van der Waals surface area contributed by atoms with E-state index in [9.17, 15) is 23.1 Å². The van der Waals surface area contributed by atoms with E-state index in [0.717, 1.165) is 25.7 Å². The van der Waals surface area contributed by atoms with E-state index in [1.807, 2.05) is 4.90 Å². The lowest BCUT2D eigenvalue weighted by Crippen LogP contribution is -2.55. The summed E-state index contributed by atoms with van der Waals surface area (Å²) in [5, 5.41) is 19.3. The minimum Gasteiger partial charge on any atom is -0.507 e. The molecule has 0 spiro atoms. The zero-order chi connectivity index (χ0) is 26.6. The van der Waals surface area contributed by atoms with Gasteiger partial charge in [-0.2, -0.15) is 13.2 Å². The number of nitrogens with zero attached hydrogens (tertiary/aromatic N) is 5. The van der Waals surface area contributed by atoms with Crippen molar-refractivity contribution < 1.29 is 18.3 Å². The van der Waals surface area contributed by atoms with Crippen molar-refractivity contribution in [2.24, 2.45) is 24.8 Å². The Bertz CT molecular complexity index is 1390. The summed E-state index contributed by atoms with van der Waals surface area (Å²) in [6.45, 7) is 0. The molecule has 0 radical (unpaired) electrons. The Morgan fingerprint density at radius 1 is 1.03 bits per heavy atom. The average molecular weight is 526 g/mol. The minimum atomic E-state index is -4.26. The number of alkyl halides is 3. The summed E-state index contributed by atoms with van der Waals surface area (Å²) in [4.78, 5) is 18.2. The molecule has 0 unspecified atom stereocenters. The molecule has 0 saturated heterocycles. The van der Waals surface area contributed by atoms with E-state index in [4.69, 9.17) is 0 Å². The lowest BCUT2D eigenvalue weighted by Gasteiger charge is -2.49. The summed E-state index contributed by atoms with van der Waals surface area (Å²) in [6.07, 6.45) is 4.24. The molecule has 2 aromatic heterocycles. The molecule has 3 fully saturated rings. The van der Waals surface area contributed by atoms with Crippen molar-refractivity contribution in [2.45, 2.75) is 63.2 Å². The number of rotatable bonds is 5. The van der Waals surface area contributed by atoms with Crippen LogP contribution in [0.4, 0.5) is 19.0 Å². The van der Waals surface area contributed by atoms with Crippen LogP contribution in [0.2, 0.25) is 0 Å². The normalized spacial score (nSPS) is 25.3. The first kappa shape index (κ1) is 24.9. The van der Waals surface area contributed by atoms with Gasteiger partial charge in [-0.05, 0) is 73.3 Å². The molecule has 2 bridgehead atoms. The van der Waals surface area contributed by atoms with Crippen LogP contribution in [0.1, 0.15) is 44.9 Å². The summed E-state index contributed by atoms with van der Waals surface area (Å²) < 4.78 is 44.5. The van der Waals surface area contributed by atoms with Gasteiger partial charge < -0.3 is 14.6 Å². The van der Waals surface area contributed by atoms with Crippen LogP contribution in [0.25, 0.3) is 22.5 Å². The monoisotopic (exact) mass is 525 g/mol. The molecule has 3 saturated carbocycles. The number of phenols is 1. The third-order valence-electron chi connectivity index (χ3n) is 8.49. The summed E-state index contributed by atoms with van der Waals surface area (Å²) in [6, 6.07) is 7.58. The molecule has 3 aromatic rings. The lowest BCUT2D eigenvalue weighted by atomic mass is 9.64. The molecule has 1 N–H and O–H groups in total. The third-order valence-corrected chi connectivity index (χ3v) is 8.49. The summed E-state index contributed by atoms with van der Waals surface area (Å²) in [5.41, 5.74) is 1.52. The number of benzene rings is 1. The van der Waals surface area contributed by atoms with Gasteiger partial charge >= 0.3 is 6.18 Å². The number of halogens is 3. The van der Waals surface area contributed by atoms with Crippen molar-refractivity contribution in [3.63, 3.8) is 0 Å². The molecule has 3 aliphatic carbocycles. The second-order valence-electron chi connectivity index (χ2n) is 11.0. The first-order valence-corrected chi connectivity index (χ1v) is 13.2. The molecule has 200 valence electrons. The number of aromatic hydroxyl groups is 1. The molecule has 6 rings (SSSR count). The second-order valence-corrected chi connectivity index (χ2v) is 11.0. The number of aryl methyl sites for hydroxylation is 1. The highest BCUT2D eigenvalue weighted by Gasteiger charge is 2.56. The highest BCUT2D eigenvalue weighted by molar-refractivity contribution is 5.72. The van der Waals surface area contributed by atoms with Gasteiger partial charge in [-0.25, -0.2) is 4.98 Å². The first-order chi connectivity index (χ1) is 18.2. The molecule has 7 nitrogen and oxygen atoms in total. The zero-order valence-corrected chi connectivity index (χ0v) is 21.1. The van der Waals surface area contributed by atoms with Gasteiger partial charge in [-0.3, -0.25) is 4.79 Å². The second kappa shape index (κ2) is 9.39. The number of aromatic nitrogens is 4. The quantitative estimate of drug-likeness (QED) is 0.485. The topological polar surface area (TPSA) is 84.1 Å². The van der Waals surface area contributed by atoms with E-state index in [1.54, 1.807) is 31.4 Å². The van der Waals surface area contributed by atoms with Gasteiger partial charge in [0.25, 0.3) is 5.56 Å². The fourth-order valence-corrected chi connectivity index (χ4v) is 6.57. The van der Waals surface area contributed by atoms with Crippen LogP contribution in [0.5, 0.6) is 5.75 Å². The molecular weight excluding hydrogens is 495 g/mol. The maximum Gasteiger partial charge on any atom is 0.394 e. The Kier molecular flexibility index (Phi) is 6.15. The number of pyridine rings is 1. The van der Waals surface area contributed by atoms with Crippen LogP contribution in [-0.2, 0) is 7.05 Å². The van der Waals surface area contributed by atoms with Gasteiger partial charge in [0.05, 0.1) is 17.7 Å². The van der Waals surface area contributed by atoms with Crippen LogP contribution in [-0.4, -0.2) is 43.1 Å². The van der Waals surface area contributed by atoms with Gasteiger partial charge in [-0.1, -0.05) is 18.9 Å². The number of anilines is 1. The van der Waals surface area contributed by atoms with Crippen LogP contribution < -0.4 is 10.5 Å². The highest BCUT2D eigenvalue weighted by atomic mass is 19.4. The standard InChI is InChI=1S/C28H30F3N5O2/c1-35-10-9-18(14-25(35)38)17-5-8-21(23(37)13-17)27-32-15-24(33-34-27)36(20-6-7-20)22-12-16-3-2-4-19(11-16)26(22)28(29,30)31/h5,8-10,13-16,19-20,22,26,37H,2-4,6-7,11-12H2,1H3/t16-,19+,22+,26-/m0/s1. The fourth-order valence-electron chi connectivity index (χ4n) is 6.57. The molecule has 38 heavy (non-hydrogen) atoms. The number of fused-ring (bicyclic) bond motifs is 2. The number of hydrogen-bond acceptors (Lipinski definition) is 6. The van der Waals surface area contributed by atoms with Crippen LogP contribution in [0.3, 0.4) is 0 Å². The molecule has 10 heteroatoms. The third kappa shape index (κ3) is 4.65. The Balaban J connectivity index is 1.29. The van der Waals surface area contributed by atoms with Gasteiger partial charge in [0, 0.05) is 31.4 Å². The van der Waals surface area contributed by atoms with E-state index < -0.39 is 18.1 Å². The van der Waals surface area contributed by atoms with E-state index >= 15 is 0 Å². The first-order valence-electron chi connectivity index (χ1n) is 13.2. The average Bonchev–Trinajstić information content (AvgIpc) is 3.71. The predicted molar refractivity (Wildman–Crippen MR) is 137 cm³/mol. The van der Waals surface area contributed by atoms with Crippen molar-refractivity contribution in [3.05, 3.63) is 53.1 Å². The Labute approximate surface area is 218 Å². The zero-order valence-electron chi connectivity index (χ0n) is 21.1. The summed E-state index contributed by atoms with van der Waals surface area (Å²) >= 11 is 0. The van der Waals surface area contributed by atoms with Gasteiger partial charge in [0.1, 0.15) is 5.75 Å². The maximum absolute atomic E-state index is 14.3. The van der Waals surface area contributed by atoms with Crippen LogP contribution >= 0.6 is 0 Å². The van der Waals surface area contributed by atoms with Crippen molar-refractivity contribution >= 4 is 5.82 Å². The molecule has 0 amide bonds. The van der Waals surface area contributed by atoms with Gasteiger partial charge in [-0.15, -0.1) is 10.2 Å². The Morgan fingerprint density at radius 2 is 1.82 bits per heavy atom. The molecule has 3 aliphatic rings. The fraction of sp³-hybridized carbons (Fsp3) is 0.500. The Hall–Kier alpha value is -3.43.